The lowest BCUT2D eigenvalue weighted by atomic mass is 10.0. The van der Waals surface area contributed by atoms with Gasteiger partial charge in [0.05, 0.1) is 44.4 Å². The van der Waals surface area contributed by atoms with Crippen LogP contribution in [-0.4, -0.2) is 86.0 Å². The highest BCUT2D eigenvalue weighted by atomic mass is 19.1. The molecule has 0 saturated carbocycles. The van der Waals surface area contributed by atoms with Crippen LogP contribution in [0.3, 0.4) is 0 Å². The molecule has 10 aromatic rings. The number of phenolic OH excluding ortho intramolecular Hbond substituents is 1. The minimum atomic E-state index is -0.897. The van der Waals surface area contributed by atoms with Crippen molar-refractivity contribution in [2.45, 2.75) is 46.6 Å². The van der Waals surface area contributed by atoms with Crippen LogP contribution >= 0.6 is 0 Å². The van der Waals surface area contributed by atoms with Crippen molar-refractivity contribution in [1.82, 2.24) is 49.3 Å². The molecule has 8 heterocycles. The molecular weight excluding hydrogens is 884 g/mol. The van der Waals surface area contributed by atoms with Crippen LogP contribution in [0, 0.1) is 31.3 Å². The molecule has 1 amide bonds. The number of nitrogens with zero attached hydrogens (tertiary/aromatic N) is 9. The summed E-state index contributed by atoms with van der Waals surface area (Å²) >= 11 is 0. The summed E-state index contributed by atoms with van der Waals surface area (Å²) in [7, 11) is 0. The van der Waals surface area contributed by atoms with Gasteiger partial charge in [0.15, 0.2) is 11.5 Å². The van der Waals surface area contributed by atoms with E-state index in [9.17, 15) is 23.5 Å². The lowest BCUT2D eigenvalue weighted by molar-refractivity contribution is -0.126. The van der Waals surface area contributed by atoms with E-state index in [0.717, 1.165) is 67.1 Å². The first-order valence-electron chi connectivity index (χ1n) is 22.3. The van der Waals surface area contributed by atoms with E-state index in [-0.39, 0.29) is 40.5 Å². The molecule has 7 aromatic heterocycles. The highest BCUT2D eigenvalue weighted by Crippen LogP contribution is 2.39. The maximum atomic E-state index is 15.8. The van der Waals surface area contributed by atoms with Gasteiger partial charge < -0.3 is 24.9 Å². The number of carbonyl (C=O) groups excluding carboxylic acids is 1. The van der Waals surface area contributed by atoms with E-state index in [4.69, 9.17) is 4.98 Å². The quantitative estimate of drug-likeness (QED) is 0.108. The van der Waals surface area contributed by atoms with Gasteiger partial charge >= 0.3 is 5.69 Å². The number of H-pyrrole nitrogens is 2. The van der Waals surface area contributed by atoms with E-state index < -0.39 is 34.3 Å². The Hall–Kier alpha value is -8.47. The van der Waals surface area contributed by atoms with Gasteiger partial charge in [-0.1, -0.05) is 26.5 Å². The minimum absolute atomic E-state index is 0.0360. The molecule has 1 saturated heterocycles. The summed E-state index contributed by atoms with van der Waals surface area (Å²) < 4.78 is 45.9. The van der Waals surface area contributed by atoms with Crippen molar-refractivity contribution in [3.8, 4) is 34.1 Å². The third-order valence-electron chi connectivity index (χ3n) is 12.6. The molecule has 1 unspecified atom stereocenters. The monoisotopic (exact) mass is 927 g/mol. The molecule has 346 valence electrons. The number of hydrogen-bond acceptors (Lipinski definition) is 10. The summed E-state index contributed by atoms with van der Waals surface area (Å²) in [5.41, 5.74) is 6.37. The standard InChI is InChI=1S/C30H30F2N6O3.C22H14FN5/c1-6-23(40)36-12-13-37(18(5)15-36)28-19-14-21(32)26(24-20(31)8-7-9-22(24)39)34-29(19)38(30(41)35-28)27-17(4)10-11-33-25(27)16(2)3;1-11-17(15-10-12(23)6-7-16(15)26-11)22-27-20-13-4-2-8-24-18(13)19-14(21(20)28-22)5-3-9-25-19/h6-11,14,16,18,39H,1,12-13,15H2,2-5H3;2-10,26H,1H3,(H,27,28). The van der Waals surface area contributed by atoms with Crippen molar-refractivity contribution < 1.29 is 23.1 Å². The van der Waals surface area contributed by atoms with E-state index in [2.05, 4.69) is 41.5 Å². The van der Waals surface area contributed by atoms with Crippen LogP contribution in [0.2, 0.25) is 0 Å². The molecule has 1 aliphatic heterocycles. The van der Waals surface area contributed by atoms with Gasteiger partial charge in [0.1, 0.15) is 34.7 Å². The van der Waals surface area contributed by atoms with Crippen LogP contribution in [0.5, 0.6) is 5.75 Å². The number of anilines is 1. The molecule has 69 heavy (non-hydrogen) atoms. The summed E-state index contributed by atoms with van der Waals surface area (Å²) in [6.45, 7) is 14.1. The maximum absolute atomic E-state index is 15.8. The zero-order valence-electron chi connectivity index (χ0n) is 38.1. The zero-order chi connectivity index (χ0) is 48.4. The van der Waals surface area contributed by atoms with Gasteiger partial charge in [0.2, 0.25) is 5.91 Å². The topological polar surface area (TPSA) is 175 Å². The van der Waals surface area contributed by atoms with Crippen molar-refractivity contribution >= 4 is 66.5 Å². The fraction of sp³-hybridized carbons (Fsp3) is 0.192. The number of pyridine rings is 4. The number of aromatic hydroxyl groups is 1. The van der Waals surface area contributed by atoms with Crippen molar-refractivity contribution in [2.24, 2.45) is 0 Å². The molecule has 1 atom stereocenters. The molecule has 17 heteroatoms. The Kier molecular flexibility index (Phi) is 11.1. The predicted octanol–water partition coefficient (Wildman–Crippen LogP) is 9.74. The number of imidazole rings is 1. The van der Waals surface area contributed by atoms with E-state index in [0.29, 0.717) is 42.4 Å². The Morgan fingerprint density at radius 3 is 2.29 bits per heavy atom. The van der Waals surface area contributed by atoms with Crippen molar-refractivity contribution in [3.63, 3.8) is 0 Å². The molecule has 0 bridgehead atoms. The van der Waals surface area contributed by atoms with Crippen molar-refractivity contribution in [1.29, 1.82) is 0 Å². The number of aromatic amines is 2. The number of rotatable bonds is 6. The molecule has 3 N–H and O–H groups in total. The molecule has 1 aliphatic rings. The highest BCUT2D eigenvalue weighted by Gasteiger charge is 2.31. The number of amides is 1. The molecule has 0 spiro atoms. The molecule has 1 fully saturated rings. The van der Waals surface area contributed by atoms with Crippen LogP contribution in [0.1, 0.15) is 43.6 Å². The summed E-state index contributed by atoms with van der Waals surface area (Å²) in [4.78, 5) is 63.8. The summed E-state index contributed by atoms with van der Waals surface area (Å²) in [6.07, 6.45) is 6.43. The summed E-state index contributed by atoms with van der Waals surface area (Å²) in [6, 6.07) is 18.9. The molecule has 0 radical (unpaired) electrons. The number of aromatic nitrogens is 9. The summed E-state index contributed by atoms with van der Waals surface area (Å²) in [5.74, 6) is -1.92. The van der Waals surface area contributed by atoms with Crippen LogP contribution in [0.25, 0.3) is 83.1 Å². The first-order valence-corrected chi connectivity index (χ1v) is 22.3. The second-order valence-electron chi connectivity index (χ2n) is 17.3. The van der Waals surface area contributed by atoms with Gasteiger partial charge in [-0.2, -0.15) is 4.98 Å². The Morgan fingerprint density at radius 2 is 1.57 bits per heavy atom. The summed E-state index contributed by atoms with van der Waals surface area (Å²) in [5, 5.41) is 13.4. The molecule has 3 aromatic carbocycles. The van der Waals surface area contributed by atoms with E-state index in [1.165, 1.54) is 28.8 Å². The Balaban J connectivity index is 0.000000171. The Bertz CT molecular complexity index is 3700. The molecule has 11 rings (SSSR count). The van der Waals surface area contributed by atoms with Crippen LogP contribution in [0.15, 0.2) is 109 Å². The van der Waals surface area contributed by atoms with Gasteiger partial charge in [-0.25, -0.2) is 32.5 Å². The number of hydrogen-bond donors (Lipinski definition) is 3. The first kappa shape index (κ1) is 44.4. The molecular formula is C52H44F3N11O3. The molecule has 0 aliphatic carbocycles. The maximum Gasteiger partial charge on any atom is 0.355 e. The Morgan fingerprint density at radius 1 is 0.812 bits per heavy atom. The van der Waals surface area contributed by atoms with Crippen LogP contribution < -0.4 is 10.6 Å². The average Bonchev–Trinajstić information content (AvgIpc) is 3.92. The lowest BCUT2D eigenvalue weighted by Gasteiger charge is -2.40. The zero-order valence-corrected chi connectivity index (χ0v) is 38.1. The number of halogens is 3. The number of phenols is 1. The first-order chi connectivity index (χ1) is 33.2. The van der Waals surface area contributed by atoms with Gasteiger partial charge in [0.25, 0.3) is 0 Å². The van der Waals surface area contributed by atoms with E-state index in [1.54, 1.807) is 41.7 Å². The normalized spacial score (nSPS) is 14.1. The third kappa shape index (κ3) is 7.55. The minimum Gasteiger partial charge on any atom is -0.507 e. The lowest BCUT2D eigenvalue weighted by Crippen LogP contribution is -2.54. The SMILES string of the molecule is C=CC(=O)N1CCN(c2nc(=O)n(-c3c(C)ccnc3C(C)C)c3nc(-c4c(O)cccc4F)c(F)cc23)C(C)C1.Cc1[nH]c2ccc(F)cc2c1-c1nc2c3cccnc3c3ncccc3c2[nH]1. The fourth-order valence-electron chi connectivity index (χ4n) is 9.40. The predicted molar refractivity (Wildman–Crippen MR) is 261 cm³/mol. The van der Waals surface area contributed by atoms with Crippen molar-refractivity contribution in [3.05, 3.63) is 149 Å². The average molecular weight is 928 g/mol. The Labute approximate surface area is 391 Å². The largest absolute Gasteiger partial charge is 0.507 e. The van der Waals surface area contributed by atoms with Crippen molar-refractivity contribution in [2.75, 3.05) is 24.5 Å². The number of aryl methyl sites for hydroxylation is 2. The number of carbonyl (C=O) groups is 1. The molecule has 14 nitrogen and oxygen atoms in total. The third-order valence-corrected chi connectivity index (χ3v) is 12.6. The number of fused-ring (bicyclic) bond motifs is 8. The smallest absolute Gasteiger partial charge is 0.355 e. The van der Waals surface area contributed by atoms with Gasteiger partial charge in [-0.05, 0) is 105 Å². The van der Waals surface area contributed by atoms with E-state index >= 15 is 4.39 Å². The van der Waals surface area contributed by atoms with E-state index in [1.807, 2.05) is 63.8 Å². The highest BCUT2D eigenvalue weighted by molar-refractivity contribution is 6.21. The van der Waals surface area contributed by atoms with Gasteiger partial charge in [-0.3, -0.25) is 19.7 Å². The van der Waals surface area contributed by atoms with Crippen LogP contribution in [-0.2, 0) is 4.79 Å². The number of nitrogens with one attached hydrogen (secondary N) is 2. The fourth-order valence-corrected chi connectivity index (χ4v) is 9.40. The second kappa shape index (κ2) is 17.3. The second-order valence-corrected chi connectivity index (χ2v) is 17.3. The van der Waals surface area contributed by atoms with Gasteiger partial charge in [-0.15, -0.1) is 0 Å². The van der Waals surface area contributed by atoms with Crippen LogP contribution in [0.4, 0.5) is 19.0 Å². The van der Waals surface area contributed by atoms with Gasteiger partial charge in [0, 0.05) is 77.2 Å². The number of benzene rings is 3. The number of piperazine rings is 1.